The Morgan fingerprint density at radius 2 is 1.90 bits per heavy atom. The van der Waals surface area contributed by atoms with Gasteiger partial charge in [-0.3, -0.25) is 9.48 Å². The Bertz CT molecular complexity index is 888. The van der Waals surface area contributed by atoms with Crippen molar-refractivity contribution >= 4 is 5.91 Å². The zero-order chi connectivity index (χ0) is 21.4. The molecule has 1 aliphatic rings. The molecule has 3 rings (SSSR count). The number of amides is 1. The molecule has 158 valence electrons. The maximum Gasteiger partial charge on any atom is 0.260 e. The molecule has 0 N–H and O–H groups in total. The Balaban J connectivity index is 1.69. The molecule has 6 heteroatoms. The number of hydrogen-bond donors (Lipinski definition) is 0. The fourth-order valence-electron chi connectivity index (χ4n) is 3.70. The van der Waals surface area contributed by atoms with Gasteiger partial charge in [-0.2, -0.15) is 5.10 Å². The second-order valence-electron chi connectivity index (χ2n) is 9.67. The van der Waals surface area contributed by atoms with Gasteiger partial charge in [-0.25, -0.2) is 0 Å². The smallest absolute Gasteiger partial charge is 0.260 e. The summed E-state index contributed by atoms with van der Waals surface area (Å²) >= 11 is 0. The fraction of sp³-hybridized carbons (Fsp3) is 0.565. The number of aromatic nitrogens is 2. The van der Waals surface area contributed by atoms with Crippen molar-refractivity contribution in [1.82, 2.24) is 14.7 Å². The Labute approximate surface area is 173 Å². The SMILES string of the molecule is COc1ccc(OCC(=O)N2CCc3c(cnn3C(C)(C)C)C2)c(C(C)(C)C)c1. The summed E-state index contributed by atoms with van der Waals surface area (Å²) < 4.78 is 13.4. The maximum atomic E-state index is 12.8. The van der Waals surface area contributed by atoms with Crippen molar-refractivity contribution in [3.8, 4) is 11.5 Å². The van der Waals surface area contributed by atoms with Crippen LogP contribution in [0.2, 0.25) is 0 Å². The molecule has 1 amide bonds. The van der Waals surface area contributed by atoms with E-state index in [1.165, 1.54) is 5.69 Å². The molecule has 0 atom stereocenters. The number of fused-ring (bicyclic) bond motifs is 1. The second-order valence-corrected chi connectivity index (χ2v) is 9.67. The van der Waals surface area contributed by atoms with Crippen molar-refractivity contribution < 1.29 is 14.3 Å². The van der Waals surface area contributed by atoms with Crippen molar-refractivity contribution in [2.45, 2.75) is 65.5 Å². The highest BCUT2D eigenvalue weighted by atomic mass is 16.5. The van der Waals surface area contributed by atoms with Crippen molar-refractivity contribution in [3.63, 3.8) is 0 Å². The van der Waals surface area contributed by atoms with Crippen molar-refractivity contribution in [2.24, 2.45) is 0 Å². The number of ether oxygens (including phenoxy) is 2. The lowest BCUT2D eigenvalue weighted by atomic mass is 9.86. The second kappa shape index (κ2) is 7.73. The third-order valence-corrected chi connectivity index (χ3v) is 5.27. The molecule has 6 nitrogen and oxygen atoms in total. The third-order valence-electron chi connectivity index (χ3n) is 5.27. The van der Waals surface area contributed by atoms with Gasteiger partial charge in [-0.05, 0) is 44.4 Å². The molecule has 29 heavy (non-hydrogen) atoms. The van der Waals surface area contributed by atoms with Gasteiger partial charge in [0.2, 0.25) is 0 Å². The predicted molar refractivity (Wildman–Crippen MR) is 114 cm³/mol. The predicted octanol–water partition coefficient (Wildman–Crippen LogP) is 3.91. The van der Waals surface area contributed by atoms with Gasteiger partial charge in [0.15, 0.2) is 6.61 Å². The monoisotopic (exact) mass is 399 g/mol. The van der Waals surface area contributed by atoms with Crippen LogP contribution >= 0.6 is 0 Å². The number of carbonyl (C=O) groups excluding carboxylic acids is 1. The lowest BCUT2D eigenvalue weighted by Crippen LogP contribution is -2.40. The molecule has 0 bridgehead atoms. The van der Waals surface area contributed by atoms with Crippen LogP contribution in [-0.4, -0.2) is 40.8 Å². The van der Waals surface area contributed by atoms with Gasteiger partial charge >= 0.3 is 0 Å². The minimum absolute atomic E-state index is 0.00478. The molecular weight excluding hydrogens is 366 g/mol. The molecule has 2 aromatic rings. The third kappa shape index (κ3) is 4.57. The molecule has 0 aliphatic carbocycles. The first kappa shape index (κ1) is 21.2. The van der Waals surface area contributed by atoms with Crippen LogP contribution in [0.25, 0.3) is 0 Å². The van der Waals surface area contributed by atoms with E-state index in [1.807, 2.05) is 29.3 Å². The zero-order valence-corrected chi connectivity index (χ0v) is 18.7. The average Bonchev–Trinajstić information content (AvgIpc) is 3.08. The Kier molecular flexibility index (Phi) is 5.65. The highest BCUT2D eigenvalue weighted by Gasteiger charge is 2.28. The van der Waals surface area contributed by atoms with E-state index in [9.17, 15) is 4.79 Å². The van der Waals surface area contributed by atoms with E-state index < -0.39 is 0 Å². The lowest BCUT2D eigenvalue weighted by molar-refractivity contribution is -0.134. The van der Waals surface area contributed by atoms with Gasteiger partial charge in [0, 0.05) is 36.3 Å². The lowest BCUT2D eigenvalue weighted by Gasteiger charge is -2.30. The molecule has 0 spiro atoms. The number of hydrogen-bond acceptors (Lipinski definition) is 4. The molecule has 1 aliphatic heterocycles. The Morgan fingerprint density at radius 1 is 1.17 bits per heavy atom. The summed E-state index contributed by atoms with van der Waals surface area (Å²) in [5.41, 5.74) is 3.21. The van der Waals surface area contributed by atoms with Crippen LogP contribution in [0.15, 0.2) is 24.4 Å². The summed E-state index contributed by atoms with van der Waals surface area (Å²) in [7, 11) is 1.65. The highest BCUT2D eigenvalue weighted by Crippen LogP contribution is 2.34. The van der Waals surface area contributed by atoms with Crippen LogP contribution in [-0.2, 0) is 28.7 Å². The summed E-state index contributed by atoms with van der Waals surface area (Å²) in [6.07, 6.45) is 2.70. The minimum Gasteiger partial charge on any atom is -0.497 e. The fourth-order valence-corrected chi connectivity index (χ4v) is 3.70. The number of carbonyl (C=O) groups is 1. The topological polar surface area (TPSA) is 56.6 Å². The van der Waals surface area contributed by atoms with Gasteiger partial charge in [0.25, 0.3) is 5.91 Å². The van der Waals surface area contributed by atoms with Gasteiger partial charge in [-0.1, -0.05) is 20.8 Å². The first-order chi connectivity index (χ1) is 13.5. The normalized spacial score (nSPS) is 14.5. The van der Waals surface area contributed by atoms with Gasteiger partial charge in [0.05, 0.1) is 18.8 Å². The quantitative estimate of drug-likeness (QED) is 0.782. The summed E-state index contributed by atoms with van der Waals surface area (Å²) in [5.74, 6) is 1.51. The highest BCUT2D eigenvalue weighted by molar-refractivity contribution is 5.78. The van der Waals surface area contributed by atoms with Crippen molar-refractivity contribution in [1.29, 1.82) is 0 Å². The van der Waals surface area contributed by atoms with Crippen molar-refractivity contribution in [2.75, 3.05) is 20.3 Å². The molecule has 1 aromatic carbocycles. The van der Waals surface area contributed by atoms with Gasteiger partial charge in [0.1, 0.15) is 11.5 Å². The molecule has 1 aromatic heterocycles. The summed E-state index contributed by atoms with van der Waals surface area (Å²) in [4.78, 5) is 14.7. The summed E-state index contributed by atoms with van der Waals surface area (Å²) in [5, 5.41) is 4.55. The van der Waals surface area contributed by atoms with E-state index in [0.717, 1.165) is 29.0 Å². The van der Waals surface area contributed by atoms with Crippen molar-refractivity contribution in [3.05, 3.63) is 41.2 Å². The summed E-state index contributed by atoms with van der Waals surface area (Å²) in [6, 6.07) is 5.73. The van der Waals surface area contributed by atoms with Crippen LogP contribution in [0.4, 0.5) is 0 Å². The Hall–Kier alpha value is -2.50. The van der Waals surface area contributed by atoms with Crippen LogP contribution in [0, 0.1) is 0 Å². The van der Waals surface area contributed by atoms with E-state index >= 15 is 0 Å². The molecule has 2 heterocycles. The van der Waals surface area contributed by atoms with E-state index in [-0.39, 0.29) is 23.5 Å². The van der Waals surface area contributed by atoms with Crippen LogP contribution in [0.3, 0.4) is 0 Å². The molecule has 0 unspecified atom stereocenters. The van der Waals surface area contributed by atoms with Crippen LogP contribution in [0.5, 0.6) is 11.5 Å². The minimum atomic E-state index is -0.117. The molecule has 0 saturated heterocycles. The first-order valence-corrected chi connectivity index (χ1v) is 10.2. The maximum absolute atomic E-state index is 12.8. The molecule has 0 radical (unpaired) electrons. The average molecular weight is 400 g/mol. The Morgan fingerprint density at radius 3 is 2.52 bits per heavy atom. The van der Waals surface area contributed by atoms with Crippen LogP contribution < -0.4 is 9.47 Å². The van der Waals surface area contributed by atoms with Gasteiger partial charge < -0.3 is 14.4 Å². The van der Waals surface area contributed by atoms with E-state index in [0.29, 0.717) is 13.1 Å². The summed E-state index contributed by atoms with van der Waals surface area (Å²) in [6.45, 7) is 14.1. The number of nitrogens with zero attached hydrogens (tertiary/aromatic N) is 3. The molecule has 0 fully saturated rings. The number of benzene rings is 1. The largest absolute Gasteiger partial charge is 0.497 e. The van der Waals surface area contributed by atoms with E-state index in [1.54, 1.807) is 7.11 Å². The molecule has 0 saturated carbocycles. The van der Waals surface area contributed by atoms with Gasteiger partial charge in [-0.15, -0.1) is 0 Å². The van der Waals surface area contributed by atoms with E-state index in [4.69, 9.17) is 9.47 Å². The zero-order valence-electron chi connectivity index (χ0n) is 18.7. The standard InChI is InChI=1S/C23H33N3O3/c1-22(2,3)18-12-17(28-7)8-9-20(18)29-15-21(27)25-11-10-19-16(14-25)13-24-26(19)23(4,5)6/h8-9,12-13H,10-11,14-15H2,1-7H3. The molecular formula is C23H33N3O3. The number of methoxy groups -OCH3 is 1. The van der Waals surface area contributed by atoms with Crippen LogP contribution in [0.1, 0.15) is 58.4 Å². The number of rotatable bonds is 4. The van der Waals surface area contributed by atoms with E-state index in [2.05, 4.69) is 51.3 Å². The first-order valence-electron chi connectivity index (χ1n) is 10.2.